The van der Waals surface area contributed by atoms with Gasteiger partial charge < -0.3 is 5.32 Å². The van der Waals surface area contributed by atoms with Gasteiger partial charge in [0.15, 0.2) is 0 Å². The molecule has 1 aromatic carbocycles. The maximum atomic E-state index is 12.6. The molecule has 2 rings (SSSR count). The molecule has 2 amide bonds. The number of hydrogen-bond acceptors (Lipinski definition) is 6. The lowest BCUT2D eigenvalue weighted by molar-refractivity contribution is -0.116. The lowest BCUT2D eigenvalue weighted by Crippen LogP contribution is -2.35. The average Bonchev–Trinajstić information content (AvgIpc) is 2.60. The van der Waals surface area contributed by atoms with Gasteiger partial charge in [0.1, 0.15) is 10.7 Å². The summed E-state index contributed by atoms with van der Waals surface area (Å²) in [5.74, 6) is 0.101. The molecule has 1 aromatic heterocycles. The Morgan fingerprint density at radius 1 is 1.07 bits per heavy atom. The van der Waals surface area contributed by atoms with Gasteiger partial charge >= 0.3 is 6.03 Å². The summed E-state index contributed by atoms with van der Waals surface area (Å²) in [6.07, 6.45) is 0.989. The molecule has 0 aliphatic rings. The first-order valence-electron chi connectivity index (χ1n) is 9.29. The Morgan fingerprint density at radius 2 is 1.66 bits per heavy atom. The van der Waals surface area contributed by atoms with Crippen LogP contribution in [0.15, 0.2) is 35.4 Å². The van der Waals surface area contributed by atoms with Gasteiger partial charge in [0.25, 0.3) is 10.0 Å². The summed E-state index contributed by atoms with van der Waals surface area (Å²) < 4.78 is 27.2. The number of carbonyl (C=O) groups is 2. The summed E-state index contributed by atoms with van der Waals surface area (Å²) in [7, 11) is -4.18. The van der Waals surface area contributed by atoms with Gasteiger partial charge in [0.05, 0.1) is 18.3 Å². The van der Waals surface area contributed by atoms with Crippen LogP contribution in [-0.2, 0) is 21.2 Å². The van der Waals surface area contributed by atoms with E-state index >= 15 is 0 Å². The van der Waals surface area contributed by atoms with Crippen molar-refractivity contribution < 1.29 is 18.0 Å². The third-order valence-corrected chi connectivity index (χ3v) is 5.56. The average molecular weight is 419 g/mol. The van der Waals surface area contributed by atoms with Crippen LogP contribution in [0.4, 0.5) is 10.5 Å². The Balaban J connectivity index is 2.28. The zero-order valence-corrected chi connectivity index (χ0v) is 18.0. The van der Waals surface area contributed by atoms with Crippen LogP contribution in [0.5, 0.6) is 0 Å². The van der Waals surface area contributed by atoms with Gasteiger partial charge in [-0.05, 0) is 36.0 Å². The highest BCUT2D eigenvalue weighted by atomic mass is 32.2. The second kappa shape index (κ2) is 9.13. The van der Waals surface area contributed by atoms with E-state index in [1.807, 2.05) is 50.6 Å². The van der Waals surface area contributed by atoms with E-state index in [0.717, 1.165) is 17.3 Å². The number of para-hydroxylation sites is 1. The highest BCUT2D eigenvalue weighted by Gasteiger charge is 2.22. The molecule has 0 radical (unpaired) electrons. The normalized spacial score (nSPS) is 11.6. The number of Topliss-reactive ketones (excluding diaryl/α,β-unsaturated/α-hetero) is 1. The van der Waals surface area contributed by atoms with E-state index in [4.69, 9.17) is 0 Å². The van der Waals surface area contributed by atoms with E-state index < -0.39 is 16.1 Å². The second-order valence-corrected chi connectivity index (χ2v) is 9.12. The van der Waals surface area contributed by atoms with Crippen molar-refractivity contribution in [1.82, 2.24) is 14.9 Å². The fourth-order valence-corrected chi connectivity index (χ4v) is 3.78. The van der Waals surface area contributed by atoms with Crippen LogP contribution in [-0.4, -0.2) is 30.4 Å². The van der Waals surface area contributed by atoms with Crippen molar-refractivity contribution in [3.63, 3.8) is 0 Å². The van der Waals surface area contributed by atoms with Gasteiger partial charge in [-0.2, -0.15) is 10.2 Å². The van der Waals surface area contributed by atoms with Crippen molar-refractivity contribution in [2.45, 2.75) is 57.8 Å². The Labute approximate surface area is 171 Å². The molecule has 0 aliphatic carbocycles. The molecular weight excluding hydrogens is 392 g/mol. The molecule has 8 nitrogen and oxygen atoms in total. The third kappa shape index (κ3) is 5.83. The fourth-order valence-electron chi connectivity index (χ4n) is 2.89. The van der Waals surface area contributed by atoms with E-state index in [-0.39, 0.29) is 34.6 Å². The van der Waals surface area contributed by atoms with Crippen molar-refractivity contribution in [3.8, 4) is 0 Å². The van der Waals surface area contributed by atoms with Crippen molar-refractivity contribution in [2.24, 2.45) is 0 Å². The van der Waals surface area contributed by atoms with Crippen LogP contribution in [0.25, 0.3) is 0 Å². The zero-order chi connectivity index (χ0) is 21.8. The summed E-state index contributed by atoms with van der Waals surface area (Å²) in [6, 6.07) is 6.09. The SMILES string of the molecule is CC(=O)Cc1cc(S(=O)(=O)NC(=O)Nc2c(C(C)C)cccc2C(C)C)cnn1. The van der Waals surface area contributed by atoms with Crippen LogP contribution < -0.4 is 10.0 Å². The molecule has 9 heteroatoms. The molecule has 1 heterocycles. The molecule has 0 atom stereocenters. The highest BCUT2D eigenvalue weighted by molar-refractivity contribution is 7.90. The molecule has 2 N–H and O–H groups in total. The summed E-state index contributed by atoms with van der Waals surface area (Å²) in [6.45, 7) is 9.36. The van der Waals surface area contributed by atoms with Crippen molar-refractivity contribution in [2.75, 3.05) is 5.32 Å². The second-order valence-electron chi connectivity index (χ2n) is 7.44. The maximum Gasteiger partial charge on any atom is 0.333 e. The summed E-state index contributed by atoms with van der Waals surface area (Å²) in [5, 5.41) is 10.1. The smallest absolute Gasteiger partial charge is 0.307 e. The standard InChI is InChI=1S/C20H26N4O4S/c1-12(2)17-7-6-8-18(13(3)4)19(17)22-20(26)24-29(27,28)16-10-15(9-14(5)25)23-21-11-16/h6-8,10-13H,9H2,1-5H3,(H2,22,24,26). The van der Waals surface area contributed by atoms with E-state index in [0.29, 0.717) is 5.69 Å². The molecule has 2 aromatic rings. The number of benzene rings is 1. The van der Waals surface area contributed by atoms with E-state index in [1.165, 1.54) is 13.0 Å². The lowest BCUT2D eigenvalue weighted by Gasteiger charge is -2.20. The van der Waals surface area contributed by atoms with E-state index in [2.05, 4.69) is 15.5 Å². The number of rotatable bonds is 7. The highest BCUT2D eigenvalue weighted by Crippen LogP contribution is 2.32. The Bertz CT molecular complexity index is 991. The topological polar surface area (TPSA) is 118 Å². The van der Waals surface area contributed by atoms with Crippen molar-refractivity contribution >= 4 is 27.5 Å². The molecule has 0 saturated carbocycles. The van der Waals surface area contributed by atoms with Crippen LogP contribution >= 0.6 is 0 Å². The predicted molar refractivity (Wildman–Crippen MR) is 110 cm³/mol. The first-order valence-corrected chi connectivity index (χ1v) is 10.8. The van der Waals surface area contributed by atoms with Gasteiger partial charge in [-0.25, -0.2) is 17.9 Å². The fraction of sp³-hybridized carbons (Fsp3) is 0.400. The number of amides is 2. The van der Waals surface area contributed by atoms with E-state index in [9.17, 15) is 18.0 Å². The Kier molecular flexibility index (Phi) is 7.07. The third-order valence-electron chi connectivity index (χ3n) is 4.26. The molecule has 0 unspecified atom stereocenters. The summed E-state index contributed by atoms with van der Waals surface area (Å²) in [5.41, 5.74) is 2.65. The number of hydrogen-bond donors (Lipinski definition) is 2. The molecule has 0 spiro atoms. The van der Waals surface area contributed by atoms with Crippen molar-refractivity contribution in [1.29, 1.82) is 0 Å². The molecule has 156 valence electrons. The largest absolute Gasteiger partial charge is 0.333 e. The summed E-state index contributed by atoms with van der Waals surface area (Å²) >= 11 is 0. The zero-order valence-electron chi connectivity index (χ0n) is 17.2. The minimum absolute atomic E-state index is 0.0396. The minimum atomic E-state index is -4.18. The van der Waals surface area contributed by atoms with Crippen LogP contribution in [0, 0.1) is 0 Å². The molecule has 0 bridgehead atoms. The molecule has 0 aliphatic heterocycles. The Morgan fingerprint density at radius 3 is 2.17 bits per heavy atom. The minimum Gasteiger partial charge on any atom is -0.307 e. The number of urea groups is 1. The van der Waals surface area contributed by atoms with Gasteiger partial charge in [0, 0.05) is 5.69 Å². The van der Waals surface area contributed by atoms with Gasteiger partial charge in [0.2, 0.25) is 0 Å². The van der Waals surface area contributed by atoms with Crippen LogP contribution in [0.2, 0.25) is 0 Å². The van der Waals surface area contributed by atoms with Gasteiger partial charge in [-0.1, -0.05) is 45.9 Å². The predicted octanol–water partition coefficient (Wildman–Crippen LogP) is 3.37. The number of nitrogens with one attached hydrogen (secondary N) is 2. The van der Waals surface area contributed by atoms with Gasteiger partial charge in [-0.15, -0.1) is 0 Å². The number of nitrogens with zero attached hydrogens (tertiary/aromatic N) is 2. The number of aromatic nitrogens is 2. The van der Waals surface area contributed by atoms with E-state index in [1.54, 1.807) is 0 Å². The lowest BCUT2D eigenvalue weighted by atomic mass is 9.93. The molecule has 29 heavy (non-hydrogen) atoms. The number of ketones is 1. The first-order chi connectivity index (χ1) is 13.5. The monoisotopic (exact) mass is 418 g/mol. The quantitative estimate of drug-likeness (QED) is 0.712. The van der Waals surface area contributed by atoms with Gasteiger partial charge in [-0.3, -0.25) is 4.79 Å². The molecular formula is C20H26N4O4S. The van der Waals surface area contributed by atoms with Crippen molar-refractivity contribution in [3.05, 3.63) is 47.3 Å². The Hall–Kier alpha value is -2.81. The first kappa shape index (κ1) is 22.5. The van der Waals surface area contributed by atoms with Crippen LogP contribution in [0.1, 0.15) is 63.3 Å². The maximum absolute atomic E-state index is 12.6. The number of sulfonamides is 1. The number of anilines is 1. The number of carbonyl (C=O) groups excluding carboxylic acids is 2. The molecule has 0 saturated heterocycles. The molecule has 0 fully saturated rings. The van der Waals surface area contributed by atoms with Crippen LogP contribution in [0.3, 0.4) is 0 Å². The summed E-state index contributed by atoms with van der Waals surface area (Å²) in [4.78, 5) is 23.5.